The van der Waals surface area contributed by atoms with Crippen LogP contribution in [0.25, 0.3) is 0 Å². The first kappa shape index (κ1) is 10.3. The van der Waals surface area contributed by atoms with Gasteiger partial charge in [0.2, 0.25) is 0 Å². The third-order valence-corrected chi connectivity index (χ3v) is 2.69. The van der Waals surface area contributed by atoms with E-state index in [4.69, 9.17) is 0 Å². The molecule has 0 spiro atoms. The summed E-state index contributed by atoms with van der Waals surface area (Å²) in [4.78, 5) is 0. The third-order valence-electron chi connectivity index (χ3n) is 2.69. The summed E-state index contributed by atoms with van der Waals surface area (Å²) in [6.45, 7) is 0. The molecule has 1 saturated carbocycles. The van der Waals surface area contributed by atoms with E-state index < -0.39 is 6.36 Å². The Kier molecular flexibility index (Phi) is 2.59. The monoisotopic (exact) mass is 216 g/mol. The third kappa shape index (κ3) is 2.43. The van der Waals surface area contributed by atoms with Gasteiger partial charge in [-0.05, 0) is 30.4 Å². The molecule has 4 heteroatoms. The van der Waals surface area contributed by atoms with E-state index in [1.165, 1.54) is 6.07 Å². The number of alkyl halides is 3. The van der Waals surface area contributed by atoms with Gasteiger partial charge >= 0.3 is 6.36 Å². The molecule has 0 aromatic heterocycles. The molecular weight excluding hydrogens is 205 g/mol. The average Bonchev–Trinajstić information content (AvgIpc) is 2.02. The Balaban J connectivity index is 2.21. The topological polar surface area (TPSA) is 9.23 Å². The van der Waals surface area contributed by atoms with Crippen LogP contribution in [0.15, 0.2) is 24.3 Å². The molecule has 1 aromatic rings. The lowest BCUT2D eigenvalue weighted by Crippen LogP contribution is -2.19. The fourth-order valence-electron chi connectivity index (χ4n) is 1.75. The lowest BCUT2D eigenvalue weighted by atomic mass is 9.80. The molecule has 2 rings (SSSR count). The molecule has 0 aliphatic heterocycles. The van der Waals surface area contributed by atoms with Crippen molar-refractivity contribution in [2.24, 2.45) is 0 Å². The second-order valence-electron chi connectivity index (χ2n) is 3.71. The summed E-state index contributed by atoms with van der Waals surface area (Å²) >= 11 is 0. The van der Waals surface area contributed by atoms with Crippen LogP contribution in [0.4, 0.5) is 13.2 Å². The minimum Gasteiger partial charge on any atom is -0.405 e. The fourth-order valence-corrected chi connectivity index (χ4v) is 1.75. The van der Waals surface area contributed by atoms with Crippen molar-refractivity contribution >= 4 is 0 Å². The number of para-hydroxylation sites is 1. The molecule has 0 amide bonds. The van der Waals surface area contributed by atoms with Gasteiger partial charge in [-0.1, -0.05) is 24.6 Å². The molecule has 0 bridgehead atoms. The zero-order valence-electron chi connectivity index (χ0n) is 8.05. The summed E-state index contributed by atoms with van der Waals surface area (Å²) in [6.07, 6.45) is -1.60. The van der Waals surface area contributed by atoms with Crippen molar-refractivity contribution in [3.05, 3.63) is 29.8 Å². The van der Waals surface area contributed by atoms with E-state index in [0.717, 1.165) is 19.3 Å². The minimum atomic E-state index is -4.60. The standard InChI is InChI=1S/C11H11F3O/c12-11(13,14)15-10-7-2-1-6-9(10)8-4-3-5-8/h1-2,6-8H,3-5H2. The van der Waals surface area contributed by atoms with Gasteiger partial charge in [-0.25, -0.2) is 0 Å². The molecule has 15 heavy (non-hydrogen) atoms. The lowest BCUT2D eigenvalue weighted by molar-refractivity contribution is -0.275. The molecule has 0 saturated heterocycles. The Labute approximate surface area is 85.9 Å². The highest BCUT2D eigenvalue weighted by molar-refractivity contribution is 5.37. The minimum absolute atomic E-state index is 0.0466. The van der Waals surface area contributed by atoms with Crippen LogP contribution in [0.2, 0.25) is 0 Å². The van der Waals surface area contributed by atoms with Crippen molar-refractivity contribution < 1.29 is 17.9 Å². The Bertz CT molecular complexity index is 342. The molecule has 1 aromatic carbocycles. The summed E-state index contributed by atoms with van der Waals surface area (Å²) in [5.41, 5.74) is 0.682. The molecule has 82 valence electrons. The summed E-state index contributed by atoms with van der Waals surface area (Å²) in [6, 6.07) is 6.40. The van der Waals surface area contributed by atoms with Crippen molar-refractivity contribution in [2.75, 3.05) is 0 Å². The number of ether oxygens (including phenoxy) is 1. The van der Waals surface area contributed by atoms with E-state index in [1.807, 2.05) is 0 Å². The second-order valence-corrected chi connectivity index (χ2v) is 3.71. The molecular formula is C11H11F3O. The number of rotatable bonds is 2. The maximum atomic E-state index is 12.1. The first-order valence-corrected chi connectivity index (χ1v) is 4.91. The largest absolute Gasteiger partial charge is 0.573 e. The van der Waals surface area contributed by atoms with Crippen molar-refractivity contribution in [3.63, 3.8) is 0 Å². The van der Waals surface area contributed by atoms with E-state index in [1.54, 1.807) is 18.2 Å². The van der Waals surface area contributed by atoms with E-state index in [9.17, 15) is 13.2 Å². The number of halogens is 3. The van der Waals surface area contributed by atoms with Gasteiger partial charge in [0, 0.05) is 0 Å². The van der Waals surface area contributed by atoms with E-state index in [-0.39, 0.29) is 11.7 Å². The fraction of sp³-hybridized carbons (Fsp3) is 0.455. The number of benzene rings is 1. The van der Waals surface area contributed by atoms with Crippen LogP contribution in [-0.2, 0) is 0 Å². The number of hydrogen-bond acceptors (Lipinski definition) is 1. The maximum Gasteiger partial charge on any atom is 0.573 e. The van der Waals surface area contributed by atoms with E-state index >= 15 is 0 Å². The Hall–Kier alpha value is -1.19. The molecule has 1 aliphatic rings. The van der Waals surface area contributed by atoms with Gasteiger partial charge in [0.25, 0.3) is 0 Å². The summed E-state index contributed by atoms with van der Waals surface area (Å²) < 4.78 is 40.2. The maximum absolute atomic E-state index is 12.1. The van der Waals surface area contributed by atoms with Crippen LogP contribution in [0.1, 0.15) is 30.7 Å². The van der Waals surface area contributed by atoms with Gasteiger partial charge in [0.1, 0.15) is 5.75 Å². The first-order chi connectivity index (χ1) is 7.06. The van der Waals surface area contributed by atoms with Crippen LogP contribution >= 0.6 is 0 Å². The smallest absolute Gasteiger partial charge is 0.405 e. The van der Waals surface area contributed by atoms with Gasteiger partial charge in [0.05, 0.1) is 0 Å². The van der Waals surface area contributed by atoms with Crippen molar-refractivity contribution in [1.82, 2.24) is 0 Å². The molecule has 0 unspecified atom stereocenters. The van der Waals surface area contributed by atoms with Crippen LogP contribution in [0.5, 0.6) is 5.75 Å². The lowest BCUT2D eigenvalue weighted by Gasteiger charge is -2.27. The highest BCUT2D eigenvalue weighted by Gasteiger charge is 2.33. The first-order valence-electron chi connectivity index (χ1n) is 4.91. The Morgan fingerprint density at radius 3 is 2.33 bits per heavy atom. The normalized spacial score (nSPS) is 17.3. The van der Waals surface area contributed by atoms with E-state index in [0.29, 0.717) is 5.56 Å². The molecule has 0 N–H and O–H groups in total. The Morgan fingerprint density at radius 1 is 1.13 bits per heavy atom. The zero-order valence-corrected chi connectivity index (χ0v) is 8.05. The van der Waals surface area contributed by atoms with Gasteiger partial charge in [-0.3, -0.25) is 0 Å². The van der Waals surface area contributed by atoms with Crippen LogP contribution in [-0.4, -0.2) is 6.36 Å². The van der Waals surface area contributed by atoms with Crippen LogP contribution in [0.3, 0.4) is 0 Å². The van der Waals surface area contributed by atoms with Gasteiger partial charge in [0.15, 0.2) is 0 Å². The summed E-state index contributed by atoms with van der Waals surface area (Å²) in [7, 11) is 0. The van der Waals surface area contributed by atoms with Crippen LogP contribution < -0.4 is 4.74 Å². The highest BCUT2D eigenvalue weighted by Crippen LogP contribution is 2.41. The highest BCUT2D eigenvalue weighted by atomic mass is 19.4. The van der Waals surface area contributed by atoms with Crippen molar-refractivity contribution in [2.45, 2.75) is 31.5 Å². The van der Waals surface area contributed by atoms with Gasteiger partial charge < -0.3 is 4.74 Å². The van der Waals surface area contributed by atoms with Crippen LogP contribution in [0, 0.1) is 0 Å². The zero-order chi connectivity index (χ0) is 10.9. The van der Waals surface area contributed by atoms with Gasteiger partial charge in [-0.15, -0.1) is 13.2 Å². The van der Waals surface area contributed by atoms with E-state index in [2.05, 4.69) is 4.74 Å². The number of hydrogen-bond donors (Lipinski definition) is 0. The summed E-state index contributed by atoms with van der Waals surface area (Å²) in [5.74, 6) is 0.193. The quantitative estimate of drug-likeness (QED) is 0.729. The summed E-state index contributed by atoms with van der Waals surface area (Å²) in [5, 5.41) is 0. The molecule has 1 nitrogen and oxygen atoms in total. The van der Waals surface area contributed by atoms with Crippen molar-refractivity contribution in [1.29, 1.82) is 0 Å². The van der Waals surface area contributed by atoms with Crippen molar-refractivity contribution in [3.8, 4) is 5.75 Å². The molecule has 0 radical (unpaired) electrons. The molecule has 1 aliphatic carbocycles. The van der Waals surface area contributed by atoms with Gasteiger partial charge in [-0.2, -0.15) is 0 Å². The molecule has 0 atom stereocenters. The molecule has 0 heterocycles. The predicted molar refractivity (Wildman–Crippen MR) is 49.7 cm³/mol. The Morgan fingerprint density at radius 2 is 1.80 bits per heavy atom. The SMILES string of the molecule is FC(F)(F)Oc1ccccc1C1CCC1. The average molecular weight is 216 g/mol. The molecule has 1 fully saturated rings. The predicted octanol–water partition coefficient (Wildman–Crippen LogP) is 3.85. The second kappa shape index (κ2) is 3.76.